The molecule has 30 heavy (non-hydrogen) atoms. The lowest BCUT2D eigenvalue weighted by Crippen LogP contribution is -2.72. The average Bonchev–Trinajstić information content (AvgIpc) is 3.29. The molecule has 0 spiro atoms. The van der Waals surface area contributed by atoms with E-state index in [0.29, 0.717) is 24.5 Å². The first-order chi connectivity index (χ1) is 14.7. The number of hydrogen-bond donors (Lipinski definition) is 0. The highest BCUT2D eigenvalue weighted by Crippen LogP contribution is 2.52. The summed E-state index contributed by atoms with van der Waals surface area (Å²) >= 11 is 1.39. The average molecular weight is 421 g/mol. The van der Waals surface area contributed by atoms with Gasteiger partial charge in [0.25, 0.3) is 5.91 Å². The van der Waals surface area contributed by atoms with E-state index in [4.69, 9.17) is 0 Å². The minimum absolute atomic E-state index is 0.00846. The van der Waals surface area contributed by atoms with Crippen LogP contribution in [0.25, 0.3) is 0 Å². The zero-order valence-electron chi connectivity index (χ0n) is 17.2. The lowest BCUT2D eigenvalue weighted by molar-refractivity contribution is -0.0530. The standard InChI is InChI=1S/C24H28N4OS/c25-9-8-24(16-27(17-24)23(29)22-26-10-13-30-22)28-11-6-18(7-12-28)14-20-15-21(20)19-4-2-1-3-5-19/h1-5,10,13,18,20-21H,6-8,11-12,14-17H2/t20-,21?/m1/s1. The molecular formula is C24H28N4OS. The molecule has 0 N–H and O–H groups in total. The molecule has 2 atom stereocenters. The van der Waals surface area contributed by atoms with E-state index in [-0.39, 0.29) is 11.4 Å². The highest BCUT2D eigenvalue weighted by atomic mass is 32.1. The first-order valence-corrected chi connectivity index (χ1v) is 11.9. The summed E-state index contributed by atoms with van der Waals surface area (Å²) in [7, 11) is 0. The molecule has 1 amide bonds. The molecule has 1 aromatic carbocycles. The van der Waals surface area contributed by atoms with Crippen LogP contribution in [0, 0.1) is 23.2 Å². The molecule has 5 rings (SSSR count). The molecule has 2 saturated heterocycles. The van der Waals surface area contributed by atoms with E-state index in [1.807, 2.05) is 10.3 Å². The van der Waals surface area contributed by atoms with Crippen molar-refractivity contribution in [3.63, 3.8) is 0 Å². The molecule has 3 fully saturated rings. The smallest absolute Gasteiger partial charge is 0.282 e. The second-order valence-corrected chi connectivity index (χ2v) is 10.1. The van der Waals surface area contributed by atoms with Gasteiger partial charge in [-0.1, -0.05) is 30.3 Å². The van der Waals surface area contributed by atoms with Gasteiger partial charge in [-0.3, -0.25) is 9.69 Å². The van der Waals surface area contributed by atoms with E-state index < -0.39 is 0 Å². The van der Waals surface area contributed by atoms with Crippen molar-refractivity contribution in [3.05, 3.63) is 52.5 Å². The fourth-order valence-corrected chi connectivity index (χ4v) is 6.13. The van der Waals surface area contributed by atoms with Gasteiger partial charge >= 0.3 is 0 Å². The summed E-state index contributed by atoms with van der Waals surface area (Å²) in [6, 6.07) is 13.3. The Hall–Kier alpha value is -2.23. The summed E-state index contributed by atoms with van der Waals surface area (Å²) in [6.45, 7) is 3.41. The molecular weight excluding hydrogens is 392 g/mol. The minimum atomic E-state index is -0.154. The Kier molecular flexibility index (Phi) is 5.34. The largest absolute Gasteiger partial charge is 0.333 e. The lowest BCUT2D eigenvalue weighted by atomic mass is 9.81. The molecule has 5 nitrogen and oxygen atoms in total. The van der Waals surface area contributed by atoms with Crippen LogP contribution in [0.15, 0.2) is 41.9 Å². The maximum Gasteiger partial charge on any atom is 0.282 e. The van der Waals surface area contributed by atoms with Gasteiger partial charge in [-0.05, 0) is 62.1 Å². The molecule has 2 aromatic rings. The van der Waals surface area contributed by atoms with Gasteiger partial charge in [0.2, 0.25) is 0 Å². The molecule has 2 aliphatic heterocycles. The highest BCUT2D eigenvalue weighted by Gasteiger charge is 2.50. The van der Waals surface area contributed by atoms with Gasteiger partial charge in [0.15, 0.2) is 5.01 Å². The predicted molar refractivity (Wildman–Crippen MR) is 117 cm³/mol. The number of nitriles is 1. The molecule has 1 saturated carbocycles. The Morgan fingerprint density at radius 1 is 1.23 bits per heavy atom. The number of piperidine rings is 1. The minimum Gasteiger partial charge on any atom is -0.333 e. The Morgan fingerprint density at radius 2 is 2.00 bits per heavy atom. The molecule has 1 aliphatic carbocycles. The van der Waals surface area contributed by atoms with Crippen molar-refractivity contribution < 1.29 is 4.79 Å². The quantitative estimate of drug-likeness (QED) is 0.704. The molecule has 1 aromatic heterocycles. The zero-order chi connectivity index (χ0) is 20.6. The SMILES string of the molecule is N#CCC1(N2CCC(C[C@@H]3CC3c3ccccc3)CC2)CN(C(=O)c2nccs2)C1. The summed E-state index contributed by atoms with van der Waals surface area (Å²) in [5.74, 6) is 2.43. The van der Waals surface area contributed by atoms with Crippen molar-refractivity contribution in [1.29, 1.82) is 5.26 Å². The number of carbonyl (C=O) groups excluding carboxylic acids is 1. The first-order valence-electron chi connectivity index (χ1n) is 11.0. The maximum absolute atomic E-state index is 12.6. The number of thiazole rings is 1. The molecule has 0 bridgehead atoms. The van der Waals surface area contributed by atoms with E-state index in [1.165, 1.54) is 42.6 Å². The van der Waals surface area contributed by atoms with Crippen molar-refractivity contribution in [2.45, 2.75) is 43.6 Å². The van der Waals surface area contributed by atoms with Crippen LogP contribution in [-0.4, -0.2) is 52.4 Å². The van der Waals surface area contributed by atoms with Crippen molar-refractivity contribution in [2.24, 2.45) is 11.8 Å². The van der Waals surface area contributed by atoms with Crippen LogP contribution in [0.5, 0.6) is 0 Å². The van der Waals surface area contributed by atoms with Crippen LogP contribution in [0.3, 0.4) is 0 Å². The van der Waals surface area contributed by atoms with E-state index in [2.05, 4.69) is 46.3 Å². The predicted octanol–water partition coefficient (Wildman–Crippen LogP) is 4.16. The van der Waals surface area contributed by atoms with E-state index >= 15 is 0 Å². The van der Waals surface area contributed by atoms with Crippen LogP contribution in [0.1, 0.15) is 53.4 Å². The van der Waals surface area contributed by atoms with Gasteiger partial charge in [-0.2, -0.15) is 5.26 Å². The summed E-state index contributed by atoms with van der Waals surface area (Å²) in [5, 5.41) is 11.8. The number of hydrogen-bond acceptors (Lipinski definition) is 5. The highest BCUT2D eigenvalue weighted by molar-refractivity contribution is 7.11. The van der Waals surface area contributed by atoms with Crippen molar-refractivity contribution >= 4 is 17.2 Å². The third-order valence-corrected chi connectivity index (χ3v) is 8.11. The van der Waals surface area contributed by atoms with Crippen molar-refractivity contribution in [2.75, 3.05) is 26.2 Å². The molecule has 156 valence electrons. The van der Waals surface area contributed by atoms with Gasteiger partial charge in [0.05, 0.1) is 18.0 Å². The number of rotatable bonds is 6. The lowest BCUT2D eigenvalue weighted by Gasteiger charge is -2.56. The Labute approximate surface area is 182 Å². The Balaban J connectivity index is 1.13. The van der Waals surface area contributed by atoms with Crippen molar-refractivity contribution in [1.82, 2.24) is 14.8 Å². The number of likely N-dealkylation sites (tertiary alicyclic amines) is 2. The molecule has 3 aliphatic rings. The van der Waals surface area contributed by atoms with Gasteiger partial charge in [-0.15, -0.1) is 11.3 Å². The monoisotopic (exact) mass is 420 g/mol. The molecule has 1 unspecified atom stereocenters. The fraction of sp³-hybridized carbons (Fsp3) is 0.542. The topological polar surface area (TPSA) is 60.2 Å². The molecule has 0 radical (unpaired) electrons. The number of carbonyl (C=O) groups is 1. The van der Waals surface area contributed by atoms with Crippen LogP contribution in [0.2, 0.25) is 0 Å². The van der Waals surface area contributed by atoms with E-state index in [1.54, 1.807) is 6.20 Å². The van der Waals surface area contributed by atoms with Gasteiger partial charge in [0.1, 0.15) is 0 Å². The summed E-state index contributed by atoms with van der Waals surface area (Å²) in [5.41, 5.74) is 1.35. The summed E-state index contributed by atoms with van der Waals surface area (Å²) < 4.78 is 0. The number of nitrogens with zero attached hydrogens (tertiary/aromatic N) is 4. The summed E-state index contributed by atoms with van der Waals surface area (Å²) in [4.78, 5) is 21.1. The van der Waals surface area contributed by atoms with Crippen LogP contribution >= 0.6 is 11.3 Å². The fourth-order valence-electron chi connectivity index (χ4n) is 5.53. The third-order valence-electron chi connectivity index (χ3n) is 7.35. The maximum atomic E-state index is 12.6. The van der Waals surface area contributed by atoms with Gasteiger partial charge < -0.3 is 4.90 Å². The number of aromatic nitrogens is 1. The second kappa shape index (κ2) is 8.13. The Morgan fingerprint density at radius 3 is 2.67 bits per heavy atom. The van der Waals surface area contributed by atoms with Gasteiger partial charge in [0, 0.05) is 24.7 Å². The van der Waals surface area contributed by atoms with Gasteiger partial charge in [-0.25, -0.2) is 4.98 Å². The zero-order valence-corrected chi connectivity index (χ0v) is 18.1. The normalized spacial score (nSPS) is 26.0. The van der Waals surface area contributed by atoms with E-state index in [9.17, 15) is 10.1 Å². The number of amides is 1. The second-order valence-electron chi connectivity index (χ2n) is 9.24. The van der Waals surface area contributed by atoms with Crippen LogP contribution in [0.4, 0.5) is 0 Å². The summed E-state index contributed by atoms with van der Waals surface area (Å²) in [6.07, 6.45) is 7.28. The first kappa shape index (κ1) is 19.7. The van der Waals surface area contributed by atoms with Crippen LogP contribution < -0.4 is 0 Å². The van der Waals surface area contributed by atoms with Crippen molar-refractivity contribution in [3.8, 4) is 6.07 Å². The molecule has 3 heterocycles. The van der Waals surface area contributed by atoms with Crippen LogP contribution in [-0.2, 0) is 0 Å². The third kappa shape index (κ3) is 3.77. The Bertz CT molecular complexity index is 908. The molecule has 6 heteroatoms. The van der Waals surface area contributed by atoms with E-state index in [0.717, 1.165) is 30.8 Å². The number of benzene rings is 1.